The first-order valence-corrected chi connectivity index (χ1v) is 8.15. The molecule has 0 bridgehead atoms. The Morgan fingerprint density at radius 3 is 2.78 bits per heavy atom. The van der Waals surface area contributed by atoms with E-state index in [4.69, 9.17) is 0 Å². The van der Waals surface area contributed by atoms with Gasteiger partial charge in [-0.3, -0.25) is 9.67 Å². The van der Waals surface area contributed by atoms with Crippen LogP contribution in [-0.2, 0) is 13.6 Å². The smallest absolute Gasteiger partial charge is 0.193 e. The van der Waals surface area contributed by atoms with Gasteiger partial charge in [-0.2, -0.15) is 5.10 Å². The van der Waals surface area contributed by atoms with Crippen molar-refractivity contribution in [2.45, 2.75) is 25.8 Å². The van der Waals surface area contributed by atoms with Gasteiger partial charge in [0.2, 0.25) is 0 Å². The van der Waals surface area contributed by atoms with Crippen molar-refractivity contribution in [2.24, 2.45) is 12.0 Å². The standard InChI is InChI=1S/C18H25N5/c1-14-4-6-15(7-5-14)10-20-18(19-2)23-9-8-16(13-23)17-11-21-22(3)12-17/h4-7,11-12,16H,8-10,13H2,1-3H3,(H,19,20). The molecular formula is C18H25N5. The minimum Gasteiger partial charge on any atom is -0.352 e. The summed E-state index contributed by atoms with van der Waals surface area (Å²) in [5.74, 6) is 1.53. The van der Waals surface area contributed by atoms with Crippen LogP contribution >= 0.6 is 0 Å². The molecule has 1 atom stereocenters. The zero-order valence-corrected chi connectivity index (χ0v) is 14.2. The first-order chi connectivity index (χ1) is 11.2. The Bertz CT molecular complexity index is 671. The van der Waals surface area contributed by atoms with Crippen LogP contribution in [0.4, 0.5) is 0 Å². The molecule has 2 aromatic rings. The van der Waals surface area contributed by atoms with Crippen molar-refractivity contribution in [3.8, 4) is 0 Å². The Hall–Kier alpha value is -2.30. The molecule has 5 nitrogen and oxygen atoms in total. The summed E-state index contributed by atoms with van der Waals surface area (Å²) in [6, 6.07) is 8.62. The van der Waals surface area contributed by atoms with E-state index >= 15 is 0 Å². The first-order valence-electron chi connectivity index (χ1n) is 8.15. The van der Waals surface area contributed by atoms with E-state index in [9.17, 15) is 0 Å². The predicted molar refractivity (Wildman–Crippen MR) is 93.5 cm³/mol. The summed E-state index contributed by atoms with van der Waals surface area (Å²) in [5, 5.41) is 7.77. The van der Waals surface area contributed by atoms with Gasteiger partial charge in [-0.15, -0.1) is 0 Å². The number of aryl methyl sites for hydroxylation is 2. The maximum absolute atomic E-state index is 4.45. The average molecular weight is 311 g/mol. The van der Waals surface area contributed by atoms with Gasteiger partial charge in [-0.1, -0.05) is 29.8 Å². The Morgan fingerprint density at radius 1 is 1.35 bits per heavy atom. The number of hydrogen-bond acceptors (Lipinski definition) is 2. The lowest BCUT2D eigenvalue weighted by atomic mass is 10.0. The van der Waals surface area contributed by atoms with Crippen molar-refractivity contribution in [1.29, 1.82) is 0 Å². The number of nitrogens with one attached hydrogen (secondary N) is 1. The monoisotopic (exact) mass is 311 g/mol. The quantitative estimate of drug-likeness (QED) is 0.699. The fourth-order valence-electron chi connectivity index (χ4n) is 3.10. The molecule has 1 aliphatic rings. The number of likely N-dealkylation sites (tertiary alicyclic amines) is 1. The van der Waals surface area contributed by atoms with Gasteiger partial charge < -0.3 is 10.2 Å². The van der Waals surface area contributed by atoms with E-state index in [1.54, 1.807) is 0 Å². The third-order valence-corrected chi connectivity index (χ3v) is 4.47. The van der Waals surface area contributed by atoms with E-state index in [0.29, 0.717) is 5.92 Å². The van der Waals surface area contributed by atoms with Crippen LogP contribution in [0.1, 0.15) is 29.0 Å². The second kappa shape index (κ2) is 6.86. The third-order valence-electron chi connectivity index (χ3n) is 4.47. The maximum atomic E-state index is 4.45. The average Bonchev–Trinajstić information content (AvgIpc) is 3.19. The van der Waals surface area contributed by atoms with Gasteiger partial charge in [-0.05, 0) is 24.5 Å². The van der Waals surface area contributed by atoms with E-state index in [1.807, 2.05) is 25.0 Å². The lowest BCUT2D eigenvalue weighted by molar-refractivity contribution is 0.486. The fraction of sp³-hybridized carbons (Fsp3) is 0.444. The highest BCUT2D eigenvalue weighted by atomic mass is 15.3. The Morgan fingerprint density at radius 2 is 2.13 bits per heavy atom. The zero-order chi connectivity index (χ0) is 16.2. The Kier molecular flexibility index (Phi) is 4.65. The first kappa shape index (κ1) is 15.6. The molecule has 23 heavy (non-hydrogen) atoms. The molecule has 1 aromatic heterocycles. The number of guanidine groups is 1. The zero-order valence-electron chi connectivity index (χ0n) is 14.2. The van der Waals surface area contributed by atoms with Crippen molar-refractivity contribution >= 4 is 5.96 Å². The number of rotatable bonds is 3. The van der Waals surface area contributed by atoms with E-state index < -0.39 is 0 Å². The van der Waals surface area contributed by atoms with Gasteiger partial charge in [0.1, 0.15) is 0 Å². The van der Waals surface area contributed by atoms with Crippen LogP contribution in [0.3, 0.4) is 0 Å². The summed E-state index contributed by atoms with van der Waals surface area (Å²) in [6.07, 6.45) is 5.25. The molecular weight excluding hydrogens is 286 g/mol. The molecule has 3 rings (SSSR count). The highest BCUT2D eigenvalue weighted by Crippen LogP contribution is 2.26. The lowest BCUT2D eigenvalue weighted by Gasteiger charge is -2.21. The highest BCUT2D eigenvalue weighted by molar-refractivity contribution is 5.80. The number of hydrogen-bond donors (Lipinski definition) is 1. The van der Waals surface area contributed by atoms with Crippen LogP contribution in [0.5, 0.6) is 0 Å². The number of aromatic nitrogens is 2. The molecule has 1 fully saturated rings. The molecule has 0 saturated carbocycles. The van der Waals surface area contributed by atoms with Gasteiger partial charge in [0.15, 0.2) is 5.96 Å². The summed E-state index contributed by atoms with van der Waals surface area (Å²) in [6.45, 7) is 4.95. The van der Waals surface area contributed by atoms with Crippen molar-refractivity contribution in [3.63, 3.8) is 0 Å². The largest absolute Gasteiger partial charge is 0.352 e. The summed E-state index contributed by atoms with van der Waals surface area (Å²) >= 11 is 0. The van der Waals surface area contributed by atoms with Gasteiger partial charge in [0, 0.05) is 45.8 Å². The van der Waals surface area contributed by atoms with Gasteiger partial charge in [0.25, 0.3) is 0 Å². The normalized spacial score (nSPS) is 18.5. The Labute approximate surface area is 138 Å². The van der Waals surface area contributed by atoms with Gasteiger partial charge >= 0.3 is 0 Å². The molecule has 122 valence electrons. The maximum Gasteiger partial charge on any atom is 0.193 e. The second-order valence-electron chi connectivity index (χ2n) is 6.27. The van der Waals surface area contributed by atoms with Crippen molar-refractivity contribution in [3.05, 3.63) is 53.3 Å². The van der Waals surface area contributed by atoms with E-state index in [2.05, 4.69) is 57.7 Å². The Balaban J connectivity index is 1.58. The highest BCUT2D eigenvalue weighted by Gasteiger charge is 2.26. The SMILES string of the molecule is CN=C(NCc1ccc(C)cc1)N1CCC(c2cnn(C)c2)C1. The number of benzene rings is 1. The van der Waals surface area contributed by atoms with E-state index in [0.717, 1.165) is 32.0 Å². The van der Waals surface area contributed by atoms with Crippen LogP contribution in [-0.4, -0.2) is 40.8 Å². The topological polar surface area (TPSA) is 45.5 Å². The minimum absolute atomic E-state index is 0.543. The van der Waals surface area contributed by atoms with E-state index in [-0.39, 0.29) is 0 Å². The third kappa shape index (κ3) is 3.73. The molecule has 0 radical (unpaired) electrons. The van der Waals surface area contributed by atoms with Crippen molar-refractivity contribution in [2.75, 3.05) is 20.1 Å². The number of aliphatic imine (C=N–C) groups is 1. The van der Waals surface area contributed by atoms with Gasteiger partial charge in [0.05, 0.1) is 6.20 Å². The van der Waals surface area contributed by atoms with Crippen LogP contribution in [0.25, 0.3) is 0 Å². The summed E-state index contributed by atoms with van der Waals surface area (Å²) in [4.78, 5) is 6.79. The van der Waals surface area contributed by atoms with Crippen LogP contribution < -0.4 is 5.32 Å². The number of nitrogens with zero attached hydrogens (tertiary/aromatic N) is 4. The molecule has 1 saturated heterocycles. The molecule has 1 unspecified atom stereocenters. The molecule has 0 spiro atoms. The molecule has 1 N–H and O–H groups in total. The van der Waals surface area contributed by atoms with Crippen molar-refractivity contribution in [1.82, 2.24) is 20.0 Å². The van der Waals surface area contributed by atoms with E-state index in [1.165, 1.54) is 16.7 Å². The summed E-state index contributed by atoms with van der Waals surface area (Å²) in [7, 11) is 3.83. The predicted octanol–water partition coefficient (Wildman–Crippen LogP) is 2.29. The fourth-order valence-corrected chi connectivity index (χ4v) is 3.10. The second-order valence-corrected chi connectivity index (χ2v) is 6.27. The lowest BCUT2D eigenvalue weighted by Crippen LogP contribution is -2.39. The van der Waals surface area contributed by atoms with Gasteiger partial charge in [-0.25, -0.2) is 0 Å². The summed E-state index contributed by atoms with van der Waals surface area (Å²) < 4.78 is 1.88. The molecule has 2 heterocycles. The minimum atomic E-state index is 0.543. The van der Waals surface area contributed by atoms with Crippen molar-refractivity contribution < 1.29 is 0 Å². The molecule has 5 heteroatoms. The van der Waals surface area contributed by atoms with Crippen LogP contribution in [0.2, 0.25) is 0 Å². The molecule has 0 amide bonds. The molecule has 0 aliphatic carbocycles. The summed E-state index contributed by atoms with van der Waals surface area (Å²) in [5.41, 5.74) is 3.89. The van der Waals surface area contributed by atoms with Crippen LogP contribution in [0, 0.1) is 6.92 Å². The molecule has 1 aromatic carbocycles. The van der Waals surface area contributed by atoms with Crippen LogP contribution in [0.15, 0.2) is 41.7 Å². The molecule has 1 aliphatic heterocycles.